The number of aryl methyl sites for hydroxylation is 1. The molecule has 0 bridgehead atoms. The fourth-order valence-electron chi connectivity index (χ4n) is 1.43. The van der Waals surface area contributed by atoms with Crippen LogP contribution < -0.4 is 4.87 Å². The first-order valence-electron chi connectivity index (χ1n) is 4.92. The van der Waals surface area contributed by atoms with Gasteiger partial charge in [0.15, 0.2) is 0 Å². The number of benzene rings is 1. The minimum absolute atomic E-state index is 0.0377. The Hall–Kier alpha value is -1.46. The molecule has 0 radical (unpaired) electrons. The van der Waals surface area contributed by atoms with E-state index in [4.69, 9.17) is 5.11 Å². The van der Waals surface area contributed by atoms with Crippen LogP contribution in [-0.4, -0.2) is 14.9 Å². The second-order valence-electron chi connectivity index (χ2n) is 3.52. The Bertz CT molecular complexity index is 528. The molecule has 0 aliphatic heterocycles. The molecular formula is C11H12N2O2S. The van der Waals surface area contributed by atoms with Crippen LogP contribution in [0.15, 0.2) is 29.1 Å². The van der Waals surface area contributed by atoms with Crippen LogP contribution in [0.4, 0.5) is 0 Å². The van der Waals surface area contributed by atoms with Gasteiger partial charge in [-0.2, -0.15) is 5.10 Å². The van der Waals surface area contributed by atoms with Gasteiger partial charge in [-0.25, -0.2) is 4.68 Å². The first-order chi connectivity index (χ1) is 7.69. The van der Waals surface area contributed by atoms with Gasteiger partial charge in [0, 0.05) is 0 Å². The van der Waals surface area contributed by atoms with Gasteiger partial charge in [0.25, 0.3) is 0 Å². The zero-order chi connectivity index (χ0) is 11.5. The van der Waals surface area contributed by atoms with Gasteiger partial charge in [0.2, 0.25) is 0 Å². The number of aromatic nitrogens is 2. The van der Waals surface area contributed by atoms with Gasteiger partial charge in [-0.3, -0.25) is 4.79 Å². The number of aliphatic hydroxyl groups excluding tert-OH is 1. The van der Waals surface area contributed by atoms with E-state index in [-0.39, 0.29) is 11.5 Å². The Morgan fingerprint density at radius 1 is 1.31 bits per heavy atom. The monoisotopic (exact) mass is 236 g/mol. The normalized spacial score (nSPS) is 10.6. The smallest absolute Gasteiger partial charge is 0.325 e. The molecule has 1 aromatic heterocycles. The highest BCUT2D eigenvalue weighted by molar-refractivity contribution is 7.08. The van der Waals surface area contributed by atoms with Gasteiger partial charge in [0.1, 0.15) is 5.01 Å². The van der Waals surface area contributed by atoms with Crippen molar-refractivity contribution in [2.75, 3.05) is 0 Å². The van der Waals surface area contributed by atoms with Crippen molar-refractivity contribution in [3.05, 3.63) is 50.1 Å². The number of hydrogen-bond acceptors (Lipinski definition) is 4. The summed E-state index contributed by atoms with van der Waals surface area (Å²) >= 11 is 1.15. The van der Waals surface area contributed by atoms with E-state index in [0.29, 0.717) is 6.54 Å². The highest BCUT2D eigenvalue weighted by atomic mass is 32.1. The molecule has 1 N–H and O–H groups in total. The topological polar surface area (TPSA) is 55.1 Å². The fraction of sp³-hybridized carbons (Fsp3) is 0.273. The van der Waals surface area contributed by atoms with Crippen molar-refractivity contribution in [3.63, 3.8) is 0 Å². The van der Waals surface area contributed by atoms with Gasteiger partial charge in [-0.05, 0) is 18.1 Å². The predicted molar refractivity (Wildman–Crippen MR) is 62.6 cm³/mol. The average molecular weight is 236 g/mol. The van der Waals surface area contributed by atoms with E-state index >= 15 is 0 Å². The third kappa shape index (κ3) is 2.37. The van der Waals surface area contributed by atoms with Crippen molar-refractivity contribution in [1.82, 2.24) is 9.78 Å². The Labute approximate surface area is 96.8 Å². The summed E-state index contributed by atoms with van der Waals surface area (Å²) in [5, 5.41) is 13.8. The van der Waals surface area contributed by atoms with Crippen molar-refractivity contribution in [2.24, 2.45) is 0 Å². The molecule has 0 fully saturated rings. The van der Waals surface area contributed by atoms with Crippen LogP contribution in [-0.2, 0) is 13.2 Å². The van der Waals surface area contributed by atoms with Crippen LogP contribution in [0.2, 0.25) is 0 Å². The lowest BCUT2D eigenvalue weighted by Gasteiger charge is -2.01. The number of nitrogens with zero attached hydrogens (tertiary/aromatic N) is 2. The Balaban J connectivity index is 2.20. The van der Waals surface area contributed by atoms with Gasteiger partial charge in [0.05, 0.1) is 13.2 Å². The SMILES string of the molecule is Cc1nn(Cc2ccc(CO)cc2)c(=O)s1. The molecule has 0 amide bonds. The summed E-state index contributed by atoms with van der Waals surface area (Å²) in [7, 11) is 0. The van der Waals surface area contributed by atoms with Crippen LogP contribution in [0.5, 0.6) is 0 Å². The molecule has 0 atom stereocenters. The summed E-state index contributed by atoms with van der Waals surface area (Å²) in [6, 6.07) is 7.48. The van der Waals surface area contributed by atoms with Crippen molar-refractivity contribution in [1.29, 1.82) is 0 Å². The van der Waals surface area contributed by atoms with Crippen molar-refractivity contribution in [3.8, 4) is 0 Å². The van der Waals surface area contributed by atoms with Gasteiger partial charge in [-0.1, -0.05) is 35.6 Å². The fourth-order valence-corrected chi connectivity index (χ4v) is 2.04. The molecule has 1 heterocycles. The molecule has 0 aliphatic carbocycles. The third-order valence-electron chi connectivity index (χ3n) is 2.25. The number of aliphatic hydroxyl groups is 1. The van der Waals surface area contributed by atoms with Crippen LogP contribution in [0.25, 0.3) is 0 Å². The second kappa shape index (κ2) is 4.59. The molecule has 2 rings (SSSR count). The molecule has 0 aliphatic rings. The Morgan fingerprint density at radius 2 is 1.94 bits per heavy atom. The van der Waals surface area contributed by atoms with Gasteiger partial charge in [-0.15, -0.1) is 0 Å². The first kappa shape index (κ1) is 11.0. The van der Waals surface area contributed by atoms with Crippen LogP contribution >= 0.6 is 11.3 Å². The molecule has 0 saturated carbocycles. The van der Waals surface area contributed by atoms with E-state index in [1.807, 2.05) is 31.2 Å². The van der Waals surface area contributed by atoms with Crippen molar-refractivity contribution in [2.45, 2.75) is 20.1 Å². The maximum absolute atomic E-state index is 11.4. The molecule has 0 spiro atoms. The summed E-state index contributed by atoms with van der Waals surface area (Å²) in [4.78, 5) is 11.4. The van der Waals surface area contributed by atoms with E-state index in [0.717, 1.165) is 27.5 Å². The van der Waals surface area contributed by atoms with Crippen LogP contribution in [0, 0.1) is 6.92 Å². The van der Waals surface area contributed by atoms with Gasteiger partial charge >= 0.3 is 4.87 Å². The Morgan fingerprint density at radius 3 is 2.44 bits per heavy atom. The number of hydrogen-bond donors (Lipinski definition) is 1. The maximum atomic E-state index is 11.4. The second-order valence-corrected chi connectivity index (χ2v) is 4.66. The Kier molecular flexibility index (Phi) is 3.17. The summed E-state index contributed by atoms with van der Waals surface area (Å²) in [6.45, 7) is 2.34. The zero-order valence-electron chi connectivity index (χ0n) is 8.88. The first-order valence-corrected chi connectivity index (χ1v) is 5.74. The maximum Gasteiger partial charge on any atom is 0.325 e. The van der Waals surface area contributed by atoms with Crippen LogP contribution in [0.1, 0.15) is 16.1 Å². The summed E-state index contributed by atoms with van der Waals surface area (Å²) in [6.07, 6.45) is 0. The minimum atomic E-state index is -0.0382. The molecule has 2 aromatic rings. The average Bonchev–Trinajstić information content (AvgIpc) is 2.59. The summed E-state index contributed by atoms with van der Waals surface area (Å²) < 4.78 is 1.45. The van der Waals surface area contributed by atoms with Crippen LogP contribution in [0.3, 0.4) is 0 Å². The molecule has 5 heteroatoms. The number of rotatable bonds is 3. The summed E-state index contributed by atoms with van der Waals surface area (Å²) in [5.41, 5.74) is 1.87. The van der Waals surface area contributed by atoms with E-state index in [9.17, 15) is 4.79 Å². The molecular weight excluding hydrogens is 224 g/mol. The molecule has 16 heavy (non-hydrogen) atoms. The quantitative estimate of drug-likeness (QED) is 0.870. The molecule has 0 saturated heterocycles. The largest absolute Gasteiger partial charge is 0.392 e. The van der Waals surface area contributed by atoms with E-state index in [1.54, 1.807) is 0 Å². The van der Waals surface area contributed by atoms with E-state index in [1.165, 1.54) is 4.68 Å². The standard InChI is InChI=1S/C11H12N2O2S/c1-8-12-13(11(15)16-8)6-9-2-4-10(7-14)5-3-9/h2-5,14H,6-7H2,1H3. The highest BCUT2D eigenvalue weighted by Crippen LogP contribution is 2.06. The van der Waals surface area contributed by atoms with Crippen molar-refractivity contribution >= 4 is 11.3 Å². The molecule has 1 aromatic carbocycles. The lowest BCUT2D eigenvalue weighted by atomic mass is 10.1. The molecule has 4 nitrogen and oxygen atoms in total. The van der Waals surface area contributed by atoms with E-state index in [2.05, 4.69) is 5.10 Å². The molecule has 84 valence electrons. The van der Waals surface area contributed by atoms with E-state index < -0.39 is 0 Å². The predicted octanol–water partition coefficient (Wildman–Crippen LogP) is 1.15. The zero-order valence-corrected chi connectivity index (χ0v) is 9.70. The molecule has 0 unspecified atom stereocenters. The van der Waals surface area contributed by atoms with Crippen molar-refractivity contribution < 1.29 is 5.11 Å². The third-order valence-corrected chi connectivity index (χ3v) is 3.01. The minimum Gasteiger partial charge on any atom is -0.392 e. The lowest BCUT2D eigenvalue weighted by molar-refractivity contribution is 0.282. The van der Waals surface area contributed by atoms with Gasteiger partial charge < -0.3 is 5.11 Å². The highest BCUT2D eigenvalue weighted by Gasteiger charge is 2.03. The lowest BCUT2D eigenvalue weighted by Crippen LogP contribution is -2.15. The summed E-state index contributed by atoms with van der Waals surface area (Å²) in [5.74, 6) is 0.